The smallest absolute Gasteiger partial charge is 0.0351 e. The highest BCUT2D eigenvalue weighted by atomic mass is 15.2. The summed E-state index contributed by atoms with van der Waals surface area (Å²) in [5.41, 5.74) is 12.0. The Bertz CT molecular complexity index is 119. The second-order valence-corrected chi connectivity index (χ2v) is 2.14. The summed E-state index contributed by atoms with van der Waals surface area (Å²) in [6.45, 7) is 2.42. The fourth-order valence-electron chi connectivity index (χ4n) is 0.854. The molecule has 0 unspecified atom stereocenters. The van der Waals surface area contributed by atoms with Crippen molar-refractivity contribution in [3.8, 4) is 0 Å². The van der Waals surface area contributed by atoms with E-state index in [2.05, 4.69) is 11.1 Å². The predicted octanol–water partition coefficient (Wildman–Crippen LogP) is -0.549. The molecule has 0 saturated carbocycles. The summed E-state index contributed by atoms with van der Waals surface area (Å²) in [7, 11) is 0. The van der Waals surface area contributed by atoms with E-state index in [-0.39, 0.29) is 0 Å². The molecule has 0 spiro atoms. The zero-order valence-corrected chi connectivity index (χ0v) is 5.51. The molecule has 0 fully saturated rings. The van der Waals surface area contributed by atoms with Crippen LogP contribution in [0, 0.1) is 0 Å². The van der Waals surface area contributed by atoms with Crippen molar-refractivity contribution < 1.29 is 0 Å². The Morgan fingerprint density at radius 3 is 2.67 bits per heavy atom. The van der Waals surface area contributed by atoms with Gasteiger partial charge in [-0.25, -0.2) is 0 Å². The van der Waals surface area contributed by atoms with Gasteiger partial charge >= 0.3 is 0 Å². The van der Waals surface area contributed by atoms with E-state index in [0.717, 1.165) is 26.1 Å². The normalized spacial score (nSPS) is 15.8. The molecule has 0 amide bonds. The molecule has 1 rings (SSSR count). The highest BCUT2D eigenvalue weighted by Gasteiger charge is 2.17. The van der Waals surface area contributed by atoms with Crippen LogP contribution in [0.4, 0.5) is 0 Å². The first kappa shape index (κ1) is 6.58. The zero-order valence-electron chi connectivity index (χ0n) is 5.51. The standard InChI is InChI=1S/C6H13N3/c7-2-1-6-5-9(6)4-3-8/h5H,1-4,7-8H2. The zero-order chi connectivity index (χ0) is 6.69. The number of rotatable bonds is 4. The largest absolute Gasteiger partial charge is 0.347 e. The Hall–Kier alpha value is -0.540. The summed E-state index contributed by atoms with van der Waals surface area (Å²) >= 11 is 0. The molecule has 0 aromatic rings. The molecule has 0 atom stereocenters. The van der Waals surface area contributed by atoms with Gasteiger partial charge in [0, 0.05) is 31.4 Å². The first-order chi connectivity index (χ1) is 4.38. The van der Waals surface area contributed by atoms with E-state index in [4.69, 9.17) is 11.5 Å². The van der Waals surface area contributed by atoms with E-state index < -0.39 is 0 Å². The second kappa shape index (κ2) is 2.85. The van der Waals surface area contributed by atoms with Crippen molar-refractivity contribution in [3.05, 3.63) is 11.9 Å². The molecule has 3 heteroatoms. The molecule has 0 saturated heterocycles. The summed E-state index contributed by atoms with van der Waals surface area (Å²) in [5, 5.41) is 0. The van der Waals surface area contributed by atoms with E-state index in [9.17, 15) is 0 Å². The monoisotopic (exact) mass is 127 g/mol. The predicted molar refractivity (Wildman–Crippen MR) is 37.5 cm³/mol. The first-order valence-corrected chi connectivity index (χ1v) is 3.26. The van der Waals surface area contributed by atoms with Gasteiger partial charge in [-0.2, -0.15) is 0 Å². The van der Waals surface area contributed by atoms with Gasteiger partial charge in [0.2, 0.25) is 0 Å². The molecule has 0 aliphatic carbocycles. The fourth-order valence-corrected chi connectivity index (χ4v) is 0.854. The average Bonchev–Trinajstić information content (AvgIpc) is 2.50. The lowest BCUT2D eigenvalue weighted by Crippen LogP contribution is -2.14. The van der Waals surface area contributed by atoms with Gasteiger partial charge in [-0.05, 0) is 6.54 Å². The number of hydrogen-bond donors (Lipinski definition) is 2. The molecular formula is C6H13N3. The lowest BCUT2D eigenvalue weighted by atomic mass is 10.4. The van der Waals surface area contributed by atoms with Crippen LogP contribution < -0.4 is 11.5 Å². The molecule has 1 aliphatic heterocycles. The van der Waals surface area contributed by atoms with Gasteiger partial charge in [0.1, 0.15) is 0 Å². The Kier molecular flexibility index (Phi) is 2.08. The van der Waals surface area contributed by atoms with Crippen LogP contribution in [0.5, 0.6) is 0 Å². The Balaban J connectivity index is 2.01. The number of hydrogen-bond acceptors (Lipinski definition) is 3. The van der Waals surface area contributed by atoms with Crippen LogP contribution >= 0.6 is 0 Å². The van der Waals surface area contributed by atoms with Crippen molar-refractivity contribution in [3.63, 3.8) is 0 Å². The first-order valence-electron chi connectivity index (χ1n) is 3.26. The average molecular weight is 127 g/mol. The molecule has 1 aliphatic rings. The summed E-state index contributed by atoms with van der Waals surface area (Å²) in [6, 6.07) is 0. The van der Waals surface area contributed by atoms with Crippen LogP contribution in [0.3, 0.4) is 0 Å². The van der Waals surface area contributed by atoms with Gasteiger partial charge in [0.25, 0.3) is 0 Å². The van der Waals surface area contributed by atoms with Crippen molar-refractivity contribution in [1.82, 2.24) is 4.90 Å². The lowest BCUT2D eigenvalue weighted by Gasteiger charge is -2.00. The van der Waals surface area contributed by atoms with Crippen LogP contribution in [0.1, 0.15) is 6.42 Å². The molecule has 52 valence electrons. The van der Waals surface area contributed by atoms with Gasteiger partial charge in [-0.15, -0.1) is 0 Å². The Morgan fingerprint density at radius 1 is 1.33 bits per heavy atom. The molecule has 3 nitrogen and oxygen atoms in total. The maximum atomic E-state index is 5.33. The number of nitrogens with zero attached hydrogens (tertiary/aromatic N) is 1. The third kappa shape index (κ3) is 1.69. The Morgan fingerprint density at radius 2 is 2.11 bits per heavy atom. The maximum Gasteiger partial charge on any atom is 0.0351 e. The third-order valence-corrected chi connectivity index (χ3v) is 1.38. The van der Waals surface area contributed by atoms with Crippen molar-refractivity contribution in [1.29, 1.82) is 0 Å². The minimum atomic E-state index is 0.727. The van der Waals surface area contributed by atoms with Crippen molar-refractivity contribution in [2.45, 2.75) is 6.42 Å². The molecular weight excluding hydrogens is 114 g/mol. The lowest BCUT2D eigenvalue weighted by molar-refractivity contribution is 0.570. The molecule has 1 heterocycles. The number of nitrogens with two attached hydrogens (primary N) is 2. The van der Waals surface area contributed by atoms with Crippen LogP contribution in [0.25, 0.3) is 0 Å². The van der Waals surface area contributed by atoms with Crippen LogP contribution in [-0.4, -0.2) is 24.5 Å². The summed E-state index contributed by atoms with van der Waals surface area (Å²) in [5.74, 6) is 0. The van der Waals surface area contributed by atoms with Gasteiger partial charge in [-0.1, -0.05) is 0 Å². The van der Waals surface area contributed by atoms with Crippen LogP contribution in [0.2, 0.25) is 0 Å². The van der Waals surface area contributed by atoms with E-state index in [1.54, 1.807) is 0 Å². The molecule has 0 radical (unpaired) electrons. The summed E-state index contributed by atoms with van der Waals surface area (Å²) in [6.07, 6.45) is 3.10. The molecule has 0 aromatic heterocycles. The van der Waals surface area contributed by atoms with Gasteiger partial charge in [-0.3, -0.25) is 0 Å². The highest BCUT2D eigenvalue weighted by Crippen LogP contribution is 2.21. The molecule has 0 aromatic carbocycles. The topological polar surface area (TPSA) is 55.0 Å². The van der Waals surface area contributed by atoms with Gasteiger partial charge in [0.05, 0.1) is 0 Å². The fraction of sp³-hybridized carbons (Fsp3) is 0.667. The van der Waals surface area contributed by atoms with Crippen molar-refractivity contribution >= 4 is 0 Å². The summed E-state index contributed by atoms with van der Waals surface area (Å²) in [4.78, 5) is 2.15. The van der Waals surface area contributed by atoms with Crippen LogP contribution in [-0.2, 0) is 0 Å². The van der Waals surface area contributed by atoms with E-state index in [1.807, 2.05) is 0 Å². The second-order valence-electron chi connectivity index (χ2n) is 2.14. The maximum absolute atomic E-state index is 5.33. The minimum Gasteiger partial charge on any atom is -0.347 e. The molecule has 4 N–H and O–H groups in total. The Labute approximate surface area is 55.3 Å². The molecule has 9 heavy (non-hydrogen) atoms. The van der Waals surface area contributed by atoms with E-state index in [1.165, 1.54) is 5.70 Å². The SMILES string of the molecule is NCCC1=CN1CCN. The van der Waals surface area contributed by atoms with Crippen molar-refractivity contribution in [2.24, 2.45) is 11.5 Å². The third-order valence-electron chi connectivity index (χ3n) is 1.38. The highest BCUT2D eigenvalue weighted by molar-refractivity contribution is 5.18. The van der Waals surface area contributed by atoms with E-state index in [0.29, 0.717) is 0 Å². The van der Waals surface area contributed by atoms with Crippen molar-refractivity contribution in [2.75, 3.05) is 19.6 Å². The van der Waals surface area contributed by atoms with Gasteiger partial charge in [0.15, 0.2) is 0 Å². The van der Waals surface area contributed by atoms with E-state index >= 15 is 0 Å². The van der Waals surface area contributed by atoms with Crippen LogP contribution in [0.15, 0.2) is 11.9 Å². The molecule has 0 bridgehead atoms. The minimum absolute atomic E-state index is 0.727. The quantitative estimate of drug-likeness (QED) is 0.533. The summed E-state index contributed by atoms with van der Waals surface area (Å²) < 4.78 is 0. The van der Waals surface area contributed by atoms with Gasteiger partial charge < -0.3 is 16.4 Å².